The molecule has 1 aliphatic rings. The van der Waals surface area contributed by atoms with Crippen molar-refractivity contribution in [3.63, 3.8) is 0 Å². The van der Waals surface area contributed by atoms with Crippen LogP contribution in [0.25, 0.3) is 0 Å². The van der Waals surface area contributed by atoms with Gasteiger partial charge in [-0.15, -0.1) is 12.4 Å². The Morgan fingerprint density at radius 2 is 2.05 bits per heavy atom. The molecule has 1 saturated heterocycles. The lowest BCUT2D eigenvalue weighted by atomic mass is 10.1. The first-order valence-corrected chi connectivity index (χ1v) is 6.73. The Kier molecular flexibility index (Phi) is 8.02. The number of carboxylic acids is 1. The monoisotopic (exact) mass is 292 g/mol. The van der Waals surface area contributed by atoms with Crippen LogP contribution in [0.5, 0.6) is 0 Å². The highest BCUT2D eigenvalue weighted by Crippen LogP contribution is 2.18. The fraction of sp³-hybridized carbons (Fsp3) is 0.846. The van der Waals surface area contributed by atoms with Crippen molar-refractivity contribution >= 4 is 24.3 Å². The van der Waals surface area contributed by atoms with Crippen molar-refractivity contribution in [1.82, 2.24) is 10.2 Å². The molecule has 1 heterocycles. The van der Waals surface area contributed by atoms with Gasteiger partial charge in [0.15, 0.2) is 0 Å². The lowest BCUT2D eigenvalue weighted by Crippen LogP contribution is -2.47. The molecule has 0 saturated carbocycles. The van der Waals surface area contributed by atoms with Crippen LogP contribution in [-0.2, 0) is 9.59 Å². The summed E-state index contributed by atoms with van der Waals surface area (Å²) in [6.07, 6.45) is 2.65. The largest absolute Gasteiger partial charge is 0.481 e. The fourth-order valence-corrected chi connectivity index (χ4v) is 2.38. The third-order valence-electron chi connectivity index (χ3n) is 3.61. The normalized spacial score (nSPS) is 22.4. The number of rotatable bonds is 6. The molecule has 0 aromatic heterocycles. The van der Waals surface area contributed by atoms with E-state index in [1.807, 2.05) is 18.7 Å². The van der Waals surface area contributed by atoms with Crippen molar-refractivity contribution < 1.29 is 14.7 Å². The summed E-state index contributed by atoms with van der Waals surface area (Å²) in [7, 11) is 0. The van der Waals surface area contributed by atoms with Crippen molar-refractivity contribution in [2.45, 2.75) is 52.1 Å². The zero-order chi connectivity index (χ0) is 13.7. The van der Waals surface area contributed by atoms with E-state index in [0.29, 0.717) is 19.5 Å². The molecule has 1 amide bonds. The van der Waals surface area contributed by atoms with Gasteiger partial charge in [-0.05, 0) is 33.2 Å². The van der Waals surface area contributed by atoms with Gasteiger partial charge in [0, 0.05) is 12.6 Å². The summed E-state index contributed by atoms with van der Waals surface area (Å²) in [5, 5.41) is 11.9. The Morgan fingerprint density at radius 1 is 1.42 bits per heavy atom. The molecule has 0 radical (unpaired) electrons. The van der Waals surface area contributed by atoms with Gasteiger partial charge in [-0.25, -0.2) is 0 Å². The van der Waals surface area contributed by atoms with Crippen LogP contribution in [-0.4, -0.2) is 47.1 Å². The molecule has 1 rings (SSSR count). The number of nitrogens with zero attached hydrogens (tertiary/aromatic N) is 1. The molecular weight excluding hydrogens is 268 g/mol. The van der Waals surface area contributed by atoms with Crippen LogP contribution in [0.15, 0.2) is 0 Å². The Hall–Kier alpha value is -0.810. The van der Waals surface area contributed by atoms with Crippen molar-refractivity contribution in [1.29, 1.82) is 0 Å². The van der Waals surface area contributed by atoms with E-state index in [1.54, 1.807) is 0 Å². The molecule has 112 valence electrons. The van der Waals surface area contributed by atoms with Crippen LogP contribution >= 0.6 is 12.4 Å². The number of hydrogen-bond donors (Lipinski definition) is 2. The second kappa shape index (κ2) is 8.38. The first-order chi connectivity index (χ1) is 8.45. The average Bonchev–Trinajstić information content (AvgIpc) is 2.77. The number of aliphatic carboxylic acids is 1. The molecule has 5 nitrogen and oxygen atoms in total. The minimum Gasteiger partial charge on any atom is -0.481 e. The summed E-state index contributed by atoms with van der Waals surface area (Å²) in [5.74, 6) is -1.08. The lowest BCUT2D eigenvalue weighted by molar-refractivity contribution is -0.141. The van der Waals surface area contributed by atoms with E-state index < -0.39 is 5.97 Å². The molecule has 2 N–H and O–H groups in total. The molecule has 6 heteroatoms. The van der Waals surface area contributed by atoms with Crippen molar-refractivity contribution in [2.75, 3.05) is 13.1 Å². The van der Waals surface area contributed by atoms with Crippen LogP contribution in [0.3, 0.4) is 0 Å². The number of nitrogens with one attached hydrogen (secondary N) is 1. The van der Waals surface area contributed by atoms with E-state index in [1.165, 1.54) is 0 Å². The van der Waals surface area contributed by atoms with Crippen LogP contribution < -0.4 is 5.32 Å². The van der Waals surface area contributed by atoms with Crippen molar-refractivity contribution in [3.8, 4) is 0 Å². The molecular formula is C13H25ClN2O3. The standard InChI is InChI=1S/C13H24N2O3.ClH/c1-4-5-9(2)14-12(16)10(3)15-7-6-11(8-15)13(17)18;/h9-11H,4-8H2,1-3H3,(H,14,16)(H,17,18);1H. The third kappa shape index (κ3) is 5.37. The van der Waals surface area contributed by atoms with Gasteiger partial charge in [-0.3, -0.25) is 14.5 Å². The Morgan fingerprint density at radius 3 is 2.53 bits per heavy atom. The maximum Gasteiger partial charge on any atom is 0.307 e. The number of hydrogen-bond acceptors (Lipinski definition) is 3. The zero-order valence-electron chi connectivity index (χ0n) is 11.9. The predicted molar refractivity (Wildman–Crippen MR) is 76.5 cm³/mol. The molecule has 0 spiro atoms. The summed E-state index contributed by atoms with van der Waals surface area (Å²) < 4.78 is 0. The number of carbonyl (C=O) groups excluding carboxylic acids is 1. The van der Waals surface area contributed by atoms with E-state index in [4.69, 9.17) is 5.11 Å². The van der Waals surface area contributed by atoms with E-state index >= 15 is 0 Å². The Labute approximate surface area is 121 Å². The van der Waals surface area contributed by atoms with E-state index in [-0.39, 0.29) is 36.3 Å². The Balaban J connectivity index is 0.00000324. The molecule has 0 bridgehead atoms. The highest BCUT2D eigenvalue weighted by atomic mass is 35.5. The second-order valence-electron chi connectivity index (χ2n) is 5.19. The first-order valence-electron chi connectivity index (χ1n) is 6.73. The molecule has 3 unspecified atom stereocenters. The minimum atomic E-state index is -0.760. The first kappa shape index (κ1) is 18.2. The van der Waals surface area contributed by atoms with Gasteiger partial charge in [-0.1, -0.05) is 13.3 Å². The van der Waals surface area contributed by atoms with Gasteiger partial charge >= 0.3 is 5.97 Å². The van der Waals surface area contributed by atoms with E-state index in [9.17, 15) is 9.59 Å². The highest BCUT2D eigenvalue weighted by Gasteiger charge is 2.33. The van der Waals surface area contributed by atoms with Crippen LogP contribution in [0.2, 0.25) is 0 Å². The fourth-order valence-electron chi connectivity index (χ4n) is 2.38. The molecule has 1 aliphatic heterocycles. The van der Waals surface area contributed by atoms with Crippen LogP contribution in [0.4, 0.5) is 0 Å². The lowest BCUT2D eigenvalue weighted by Gasteiger charge is -2.25. The SMILES string of the molecule is CCCC(C)NC(=O)C(C)N1CCC(C(=O)O)C1.Cl. The number of carboxylic acid groups (broad SMARTS) is 1. The van der Waals surface area contributed by atoms with Gasteiger partial charge in [0.05, 0.1) is 12.0 Å². The Bertz CT molecular complexity index is 312. The summed E-state index contributed by atoms with van der Waals surface area (Å²) in [6.45, 7) is 7.10. The molecule has 0 aromatic rings. The van der Waals surface area contributed by atoms with Gasteiger partial charge < -0.3 is 10.4 Å². The van der Waals surface area contributed by atoms with Crippen LogP contribution in [0, 0.1) is 5.92 Å². The predicted octanol–water partition coefficient (Wildman–Crippen LogP) is 1.51. The van der Waals surface area contributed by atoms with Gasteiger partial charge in [0.25, 0.3) is 0 Å². The second-order valence-corrected chi connectivity index (χ2v) is 5.19. The number of halogens is 1. The minimum absolute atomic E-state index is 0. The highest BCUT2D eigenvalue weighted by molar-refractivity contribution is 5.85. The van der Waals surface area contributed by atoms with Crippen LogP contribution in [0.1, 0.15) is 40.0 Å². The smallest absolute Gasteiger partial charge is 0.307 e. The average molecular weight is 293 g/mol. The number of likely N-dealkylation sites (tertiary alicyclic amines) is 1. The number of amides is 1. The zero-order valence-corrected chi connectivity index (χ0v) is 12.7. The maximum absolute atomic E-state index is 12.0. The number of carbonyl (C=O) groups is 2. The molecule has 1 fully saturated rings. The van der Waals surface area contributed by atoms with Gasteiger partial charge in [0.1, 0.15) is 0 Å². The topological polar surface area (TPSA) is 69.6 Å². The molecule has 3 atom stereocenters. The third-order valence-corrected chi connectivity index (χ3v) is 3.61. The summed E-state index contributed by atoms with van der Waals surface area (Å²) in [6, 6.07) is -0.0588. The summed E-state index contributed by atoms with van der Waals surface area (Å²) >= 11 is 0. The van der Waals surface area contributed by atoms with Gasteiger partial charge in [-0.2, -0.15) is 0 Å². The van der Waals surface area contributed by atoms with E-state index in [2.05, 4.69) is 12.2 Å². The molecule has 19 heavy (non-hydrogen) atoms. The molecule has 0 aliphatic carbocycles. The summed E-state index contributed by atoms with van der Waals surface area (Å²) in [4.78, 5) is 24.8. The maximum atomic E-state index is 12.0. The quantitative estimate of drug-likeness (QED) is 0.778. The van der Waals surface area contributed by atoms with Crippen molar-refractivity contribution in [3.05, 3.63) is 0 Å². The van der Waals surface area contributed by atoms with Crippen molar-refractivity contribution in [2.24, 2.45) is 5.92 Å². The van der Waals surface area contributed by atoms with E-state index in [0.717, 1.165) is 12.8 Å². The molecule has 0 aromatic carbocycles. The summed E-state index contributed by atoms with van der Waals surface area (Å²) in [5.41, 5.74) is 0. The van der Waals surface area contributed by atoms with Gasteiger partial charge in [0.2, 0.25) is 5.91 Å².